The molecule has 3 heteroatoms. The molecule has 0 heterocycles. The topological polar surface area (TPSA) is 35.8 Å². The number of nitrogens with zero attached hydrogens (tertiary/aromatic N) is 1. The van der Waals surface area contributed by atoms with Crippen LogP contribution in [0.5, 0.6) is 0 Å². The summed E-state index contributed by atoms with van der Waals surface area (Å²) in [5.41, 5.74) is 1.53. The first-order valence-electron chi connectivity index (χ1n) is 6.17. The molecule has 1 saturated carbocycles. The first-order chi connectivity index (χ1) is 8.20. The number of benzene rings is 1. The molecule has 0 radical (unpaired) electrons. The van der Waals surface area contributed by atoms with E-state index in [-0.39, 0.29) is 0 Å². The van der Waals surface area contributed by atoms with E-state index in [1.165, 1.54) is 25.7 Å². The molecule has 1 atom stereocenters. The molecule has 0 bridgehead atoms. The summed E-state index contributed by atoms with van der Waals surface area (Å²) in [6, 6.07) is 8.04. The van der Waals surface area contributed by atoms with Gasteiger partial charge in [-0.25, -0.2) is 0 Å². The van der Waals surface area contributed by atoms with Crippen LogP contribution in [0.3, 0.4) is 0 Å². The Hall–Kier alpha value is -1.20. The first-order valence-corrected chi connectivity index (χ1v) is 6.54. The summed E-state index contributed by atoms with van der Waals surface area (Å²) in [4.78, 5) is 0. The summed E-state index contributed by atoms with van der Waals surface area (Å²) in [6.45, 7) is 2.20. The van der Waals surface area contributed by atoms with E-state index >= 15 is 0 Å². The first kappa shape index (κ1) is 12.3. The molecule has 1 aliphatic carbocycles. The lowest BCUT2D eigenvalue weighted by atomic mass is 9.99. The number of rotatable bonds is 3. The predicted molar refractivity (Wildman–Crippen MR) is 71.2 cm³/mol. The lowest BCUT2D eigenvalue weighted by Crippen LogP contribution is -2.24. The minimum Gasteiger partial charge on any atom is -0.381 e. The lowest BCUT2D eigenvalue weighted by Gasteiger charge is -2.22. The van der Waals surface area contributed by atoms with E-state index in [1.807, 2.05) is 12.1 Å². The number of hydrogen-bond acceptors (Lipinski definition) is 2. The van der Waals surface area contributed by atoms with Gasteiger partial charge in [-0.1, -0.05) is 24.4 Å². The number of anilines is 1. The van der Waals surface area contributed by atoms with Crippen LogP contribution in [0.1, 0.15) is 38.2 Å². The van der Waals surface area contributed by atoms with E-state index in [0.29, 0.717) is 16.6 Å². The van der Waals surface area contributed by atoms with Crippen molar-refractivity contribution in [2.24, 2.45) is 5.92 Å². The monoisotopic (exact) mass is 248 g/mol. The summed E-state index contributed by atoms with van der Waals surface area (Å²) in [6.07, 6.45) is 5.26. The Morgan fingerprint density at radius 1 is 1.41 bits per heavy atom. The van der Waals surface area contributed by atoms with Crippen molar-refractivity contribution in [3.05, 3.63) is 28.8 Å². The van der Waals surface area contributed by atoms with Crippen molar-refractivity contribution in [3.63, 3.8) is 0 Å². The van der Waals surface area contributed by atoms with Crippen molar-refractivity contribution >= 4 is 17.3 Å². The van der Waals surface area contributed by atoms with Gasteiger partial charge in [0.2, 0.25) is 0 Å². The second-order valence-electron chi connectivity index (χ2n) is 4.78. The molecular weight excluding hydrogens is 232 g/mol. The van der Waals surface area contributed by atoms with E-state index in [2.05, 4.69) is 18.3 Å². The van der Waals surface area contributed by atoms with Crippen LogP contribution in [-0.4, -0.2) is 6.04 Å². The van der Waals surface area contributed by atoms with Gasteiger partial charge in [0.15, 0.2) is 0 Å². The standard InChI is InChI=1S/C14H17ClN2/c1-10(11-4-2-3-5-11)17-14-7-6-13(15)8-12(14)9-16/h6-8,10-11,17H,2-5H2,1H3. The van der Waals surface area contributed by atoms with Crippen molar-refractivity contribution < 1.29 is 0 Å². The minimum absolute atomic E-state index is 0.422. The maximum absolute atomic E-state index is 9.07. The maximum atomic E-state index is 9.07. The third-order valence-electron chi connectivity index (χ3n) is 3.59. The Bertz CT molecular complexity index is 430. The lowest BCUT2D eigenvalue weighted by molar-refractivity contribution is 0.482. The fraction of sp³-hybridized carbons (Fsp3) is 0.500. The van der Waals surface area contributed by atoms with Crippen LogP contribution in [0.4, 0.5) is 5.69 Å². The second-order valence-corrected chi connectivity index (χ2v) is 5.22. The van der Waals surface area contributed by atoms with Gasteiger partial charge in [0.25, 0.3) is 0 Å². The molecule has 0 aromatic heterocycles. The Morgan fingerprint density at radius 3 is 2.76 bits per heavy atom. The summed E-state index contributed by atoms with van der Waals surface area (Å²) < 4.78 is 0. The molecule has 17 heavy (non-hydrogen) atoms. The van der Waals surface area contributed by atoms with E-state index in [0.717, 1.165) is 11.6 Å². The predicted octanol–water partition coefficient (Wildman–Crippen LogP) is 4.20. The van der Waals surface area contributed by atoms with Crippen LogP contribution < -0.4 is 5.32 Å². The number of nitrogens with one attached hydrogen (secondary N) is 1. The van der Waals surface area contributed by atoms with E-state index < -0.39 is 0 Å². The average Bonchev–Trinajstić information content (AvgIpc) is 2.85. The molecule has 1 aromatic rings. The van der Waals surface area contributed by atoms with Crippen LogP contribution in [0, 0.1) is 17.2 Å². The Balaban J connectivity index is 2.10. The van der Waals surface area contributed by atoms with Gasteiger partial charge in [-0.05, 0) is 43.9 Å². The minimum atomic E-state index is 0.422. The van der Waals surface area contributed by atoms with Crippen LogP contribution in [-0.2, 0) is 0 Å². The van der Waals surface area contributed by atoms with Crippen molar-refractivity contribution in [3.8, 4) is 6.07 Å². The molecular formula is C14H17ClN2. The van der Waals surface area contributed by atoms with Gasteiger partial charge in [-0.3, -0.25) is 0 Å². The van der Waals surface area contributed by atoms with E-state index in [9.17, 15) is 0 Å². The largest absolute Gasteiger partial charge is 0.381 e. The highest BCUT2D eigenvalue weighted by Gasteiger charge is 2.21. The molecule has 0 amide bonds. The van der Waals surface area contributed by atoms with Gasteiger partial charge in [-0.2, -0.15) is 5.26 Å². The molecule has 90 valence electrons. The van der Waals surface area contributed by atoms with Gasteiger partial charge < -0.3 is 5.32 Å². The van der Waals surface area contributed by atoms with Crippen LogP contribution in [0.25, 0.3) is 0 Å². The average molecular weight is 249 g/mol. The molecule has 1 unspecified atom stereocenters. The van der Waals surface area contributed by atoms with Crippen molar-refractivity contribution in [2.45, 2.75) is 38.6 Å². The zero-order valence-corrected chi connectivity index (χ0v) is 10.8. The molecule has 1 aromatic carbocycles. The molecule has 1 aliphatic rings. The fourth-order valence-electron chi connectivity index (χ4n) is 2.56. The maximum Gasteiger partial charge on any atom is 0.101 e. The van der Waals surface area contributed by atoms with Gasteiger partial charge in [0.1, 0.15) is 6.07 Å². The smallest absolute Gasteiger partial charge is 0.101 e. The molecule has 0 spiro atoms. The molecule has 0 saturated heterocycles. The number of halogens is 1. The number of nitriles is 1. The summed E-state index contributed by atoms with van der Waals surface area (Å²) in [5.74, 6) is 0.734. The normalized spacial score (nSPS) is 17.7. The van der Waals surface area contributed by atoms with Crippen molar-refractivity contribution in [2.75, 3.05) is 5.32 Å². The van der Waals surface area contributed by atoms with E-state index in [1.54, 1.807) is 6.07 Å². The van der Waals surface area contributed by atoms with E-state index in [4.69, 9.17) is 16.9 Å². The zero-order chi connectivity index (χ0) is 12.3. The van der Waals surface area contributed by atoms with Crippen molar-refractivity contribution in [1.82, 2.24) is 0 Å². The van der Waals surface area contributed by atoms with Gasteiger partial charge in [0, 0.05) is 11.1 Å². The molecule has 2 rings (SSSR count). The highest BCUT2D eigenvalue weighted by molar-refractivity contribution is 6.30. The highest BCUT2D eigenvalue weighted by atomic mass is 35.5. The highest BCUT2D eigenvalue weighted by Crippen LogP contribution is 2.30. The van der Waals surface area contributed by atoms with Crippen LogP contribution in [0.15, 0.2) is 18.2 Å². The van der Waals surface area contributed by atoms with Gasteiger partial charge in [0.05, 0.1) is 11.3 Å². The Labute approximate surface area is 108 Å². The summed E-state index contributed by atoms with van der Waals surface area (Å²) in [5, 5.41) is 13.1. The third-order valence-corrected chi connectivity index (χ3v) is 3.83. The van der Waals surface area contributed by atoms with Crippen LogP contribution >= 0.6 is 11.6 Å². The second kappa shape index (κ2) is 5.42. The SMILES string of the molecule is CC(Nc1ccc(Cl)cc1C#N)C1CCCC1. The summed E-state index contributed by atoms with van der Waals surface area (Å²) in [7, 11) is 0. The molecule has 2 nitrogen and oxygen atoms in total. The number of hydrogen-bond donors (Lipinski definition) is 1. The van der Waals surface area contributed by atoms with Gasteiger partial charge >= 0.3 is 0 Å². The fourth-order valence-corrected chi connectivity index (χ4v) is 2.73. The Morgan fingerprint density at radius 2 is 2.12 bits per heavy atom. The molecule has 1 fully saturated rings. The quantitative estimate of drug-likeness (QED) is 0.870. The van der Waals surface area contributed by atoms with Crippen LogP contribution in [0.2, 0.25) is 5.02 Å². The molecule has 1 N–H and O–H groups in total. The van der Waals surface area contributed by atoms with Crippen molar-refractivity contribution in [1.29, 1.82) is 5.26 Å². The molecule has 0 aliphatic heterocycles. The van der Waals surface area contributed by atoms with Gasteiger partial charge in [-0.15, -0.1) is 0 Å². The summed E-state index contributed by atoms with van der Waals surface area (Å²) >= 11 is 5.88. The third kappa shape index (κ3) is 2.92. The zero-order valence-electron chi connectivity index (χ0n) is 10.0. The Kier molecular flexibility index (Phi) is 3.91.